The van der Waals surface area contributed by atoms with Crippen molar-refractivity contribution < 1.29 is 9.47 Å². The first-order valence-corrected chi connectivity index (χ1v) is 24.8. The van der Waals surface area contributed by atoms with Gasteiger partial charge in [-0.3, -0.25) is 0 Å². The second kappa shape index (κ2) is 13.9. The van der Waals surface area contributed by atoms with Gasteiger partial charge < -0.3 is 9.47 Å². The minimum absolute atomic E-state index is 0.141. The fourth-order valence-electron chi connectivity index (χ4n) is 11.8. The van der Waals surface area contributed by atoms with Crippen LogP contribution >= 0.6 is 23.5 Å². The third-order valence-electron chi connectivity index (χ3n) is 14.7. The summed E-state index contributed by atoms with van der Waals surface area (Å²) in [6.07, 6.45) is 0. The van der Waals surface area contributed by atoms with Crippen LogP contribution in [-0.4, -0.2) is 22.8 Å². The van der Waals surface area contributed by atoms with Crippen LogP contribution < -0.4 is 42.3 Å². The number of nitrogens with zero attached hydrogens (tertiary/aromatic N) is 2. The van der Waals surface area contributed by atoms with Gasteiger partial charge >= 0.3 is 0 Å². The molecule has 0 fully saturated rings. The van der Waals surface area contributed by atoms with Crippen LogP contribution in [0.25, 0.3) is 65.9 Å². The van der Waals surface area contributed by atoms with Crippen molar-refractivity contribution in [2.75, 3.05) is 0 Å². The first-order valence-electron chi connectivity index (χ1n) is 23.2. The Kier molecular flexibility index (Phi) is 7.63. The van der Waals surface area contributed by atoms with Crippen molar-refractivity contribution in [1.29, 1.82) is 0 Å². The molecule has 0 saturated heterocycles. The van der Waals surface area contributed by atoms with Crippen molar-refractivity contribution in [3.8, 4) is 45.3 Å². The van der Waals surface area contributed by atoms with E-state index in [-0.39, 0.29) is 13.4 Å². The third-order valence-corrected chi connectivity index (χ3v) is 17.0. The number of benzene rings is 10. The SMILES string of the molecule is c1ccc2c(c1)Oc1cc(-c3ccc4c(c3)c3ccccc3n4-n3c4ccccc4c4cc(-c5cc6c7c(c5)Sc5ccccc5B7c5ccccc5O6)ccc43)cc3c1B2c1ccccc1S3. The zero-order valence-corrected chi connectivity index (χ0v) is 37.9. The highest BCUT2D eigenvalue weighted by Crippen LogP contribution is 2.44. The number of fused-ring (bicyclic) bond motifs is 14. The molecule has 16 rings (SSSR count). The molecule has 8 heteroatoms. The van der Waals surface area contributed by atoms with Gasteiger partial charge in [-0.2, -0.15) is 0 Å². The second-order valence-corrected chi connectivity index (χ2v) is 20.5. The molecule has 4 aliphatic heterocycles. The van der Waals surface area contributed by atoms with E-state index in [4.69, 9.17) is 9.47 Å². The van der Waals surface area contributed by atoms with E-state index in [1.165, 1.54) is 73.9 Å². The molecule has 4 nitrogen and oxygen atoms in total. The highest BCUT2D eigenvalue weighted by atomic mass is 32.2. The summed E-state index contributed by atoms with van der Waals surface area (Å²) >= 11 is 3.71. The molecule has 0 saturated carbocycles. The van der Waals surface area contributed by atoms with E-state index in [1.54, 1.807) is 0 Å². The van der Waals surface area contributed by atoms with Crippen molar-refractivity contribution in [1.82, 2.24) is 9.35 Å². The Hall–Kier alpha value is -7.77. The Morgan fingerprint density at radius 1 is 0.294 bits per heavy atom. The average molecular weight is 901 g/mol. The van der Waals surface area contributed by atoms with Gasteiger partial charge in [-0.1, -0.05) is 156 Å². The average Bonchev–Trinajstić information content (AvgIpc) is 3.89. The summed E-state index contributed by atoms with van der Waals surface area (Å²) in [7, 11) is 0. The Bertz CT molecular complexity index is 3800. The number of rotatable bonds is 3. The number of hydrogen-bond acceptors (Lipinski definition) is 4. The molecule has 0 N–H and O–H groups in total. The number of para-hydroxylation sites is 4. The molecule has 0 spiro atoms. The van der Waals surface area contributed by atoms with E-state index in [0.29, 0.717) is 0 Å². The predicted octanol–water partition coefficient (Wildman–Crippen LogP) is 11.7. The third kappa shape index (κ3) is 5.16. The molecule has 0 radical (unpaired) electrons. The molecule has 0 bridgehead atoms. The molecular weight excluding hydrogens is 866 g/mol. The van der Waals surface area contributed by atoms with Gasteiger partial charge in [-0.15, -0.1) is 0 Å². The van der Waals surface area contributed by atoms with Crippen molar-refractivity contribution in [2.45, 2.75) is 19.6 Å². The largest absolute Gasteiger partial charge is 0.458 e. The zero-order valence-electron chi connectivity index (χ0n) is 36.3. The van der Waals surface area contributed by atoms with Gasteiger partial charge in [0.2, 0.25) is 0 Å². The van der Waals surface area contributed by atoms with E-state index < -0.39 is 0 Å². The van der Waals surface area contributed by atoms with E-state index in [2.05, 4.69) is 216 Å². The predicted molar refractivity (Wildman–Crippen MR) is 284 cm³/mol. The highest BCUT2D eigenvalue weighted by molar-refractivity contribution is 8.00. The molecule has 0 amide bonds. The van der Waals surface area contributed by atoms with Crippen LogP contribution in [0.2, 0.25) is 0 Å². The molecular formula is C60H34B2N2O2S2. The van der Waals surface area contributed by atoms with Crippen LogP contribution in [0.15, 0.2) is 226 Å². The fourth-order valence-corrected chi connectivity index (χ4v) is 14.2. The number of hydrogen-bond donors (Lipinski definition) is 0. The summed E-state index contributed by atoms with van der Waals surface area (Å²) in [5, 5.41) is 4.83. The van der Waals surface area contributed by atoms with Gasteiger partial charge in [-0.05, 0) is 129 Å². The molecule has 2 aromatic heterocycles. The van der Waals surface area contributed by atoms with Crippen LogP contribution in [-0.2, 0) is 0 Å². The van der Waals surface area contributed by atoms with E-state index >= 15 is 0 Å². The van der Waals surface area contributed by atoms with Crippen molar-refractivity contribution in [3.63, 3.8) is 0 Å². The van der Waals surface area contributed by atoms with Crippen molar-refractivity contribution in [3.05, 3.63) is 206 Å². The summed E-state index contributed by atoms with van der Waals surface area (Å²) in [5.41, 5.74) is 16.9. The maximum Gasteiger partial charge on any atom is 0.253 e. The lowest BCUT2D eigenvalue weighted by Gasteiger charge is -2.33. The van der Waals surface area contributed by atoms with Gasteiger partial charge in [-0.25, -0.2) is 9.35 Å². The Labute approximate surface area is 400 Å². The summed E-state index contributed by atoms with van der Waals surface area (Å²) in [5.74, 6) is 3.75. The lowest BCUT2D eigenvalue weighted by Crippen LogP contribution is -2.57. The summed E-state index contributed by atoms with van der Waals surface area (Å²) < 4.78 is 18.4. The summed E-state index contributed by atoms with van der Waals surface area (Å²) in [4.78, 5) is 5.11. The smallest absolute Gasteiger partial charge is 0.253 e. The van der Waals surface area contributed by atoms with Gasteiger partial charge in [0.15, 0.2) is 0 Å². The minimum atomic E-state index is 0.141. The molecule has 12 aromatic rings. The lowest BCUT2D eigenvalue weighted by molar-refractivity contribution is 0.486. The Balaban J connectivity index is 0.849. The highest BCUT2D eigenvalue weighted by Gasteiger charge is 2.41. The quantitative estimate of drug-likeness (QED) is 0.165. The lowest BCUT2D eigenvalue weighted by atomic mass is 9.35. The standard InChI is InChI=1S/C60H34B2N2O2S2/c1-7-19-47-39(13-1)41-29-35(37-31-53-59-57(33-37)67-55-23-11-5-17-45(55)61(59)43-15-3-9-21-51(43)65-53)25-27-49(41)63(47)64-48-20-8-2-14-40(48)42-30-36(26-28-50(42)64)38-32-54-60-58(34-38)68-56-24-12-6-18-46(56)62(60)44-16-4-10-22-52(44)66-54/h1-34H. The molecule has 0 unspecified atom stereocenters. The molecule has 0 atom stereocenters. The minimum Gasteiger partial charge on any atom is -0.458 e. The van der Waals surface area contributed by atoms with E-state index in [0.717, 1.165) is 67.3 Å². The van der Waals surface area contributed by atoms with Crippen LogP contribution in [0.1, 0.15) is 0 Å². The molecule has 10 aromatic carbocycles. The molecule has 68 heavy (non-hydrogen) atoms. The monoisotopic (exact) mass is 900 g/mol. The topological polar surface area (TPSA) is 28.3 Å². The van der Waals surface area contributed by atoms with E-state index in [1.807, 2.05) is 23.5 Å². The molecule has 314 valence electrons. The van der Waals surface area contributed by atoms with Crippen molar-refractivity contribution >= 4 is 113 Å². The Morgan fingerprint density at radius 2 is 0.691 bits per heavy atom. The molecule has 6 heterocycles. The van der Waals surface area contributed by atoms with E-state index in [9.17, 15) is 0 Å². The first-order chi connectivity index (χ1) is 33.7. The normalized spacial score (nSPS) is 13.6. The van der Waals surface area contributed by atoms with Crippen molar-refractivity contribution in [2.24, 2.45) is 0 Å². The molecule has 4 aliphatic rings. The van der Waals surface area contributed by atoms with Gasteiger partial charge in [0.05, 0.1) is 22.1 Å². The maximum atomic E-state index is 6.77. The van der Waals surface area contributed by atoms with Crippen LogP contribution in [0.5, 0.6) is 23.0 Å². The van der Waals surface area contributed by atoms with Gasteiger partial charge in [0.25, 0.3) is 13.4 Å². The summed E-state index contributed by atoms with van der Waals surface area (Å²) in [6, 6.07) is 75.7. The molecule has 0 aliphatic carbocycles. The van der Waals surface area contributed by atoms with Crippen LogP contribution in [0, 0.1) is 0 Å². The number of aromatic nitrogens is 2. The second-order valence-electron chi connectivity index (χ2n) is 18.3. The van der Waals surface area contributed by atoms with Crippen LogP contribution in [0.3, 0.4) is 0 Å². The fraction of sp³-hybridized carbons (Fsp3) is 0. The zero-order chi connectivity index (χ0) is 44.2. The van der Waals surface area contributed by atoms with Gasteiger partial charge in [0, 0.05) is 41.1 Å². The number of ether oxygens (including phenoxy) is 2. The maximum absolute atomic E-state index is 6.77. The van der Waals surface area contributed by atoms with Gasteiger partial charge in [0.1, 0.15) is 23.0 Å². The Morgan fingerprint density at radius 3 is 1.18 bits per heavy atom. The van der Waals surface area contributed by atoms with Crippen LogP contribution in [0.4, 0.5) is 0 Å². The summed E-state index contributed by atoms with van der Waals surface area (Å²) in [6.45, 7) is 0.281. The first kappa shape index (κ1) is 37.3.